The maximum absolute atomic E-state index is 10.2. The highest BCUT2D eigenvalue weighted by atomic mass is 16.6. The molecule has 1 N–H and O–H groups in total. The summed E-state index contributed by atoms with van der Waals surface area (Å²) < 4.78 is 33.2. The van der Waals surface area contributed by atoms with Crippen LogP contribution in [0.3, 0.4) is 0 Å². The lowest BCUT2D eigenvalue weighted by molar-refractivity contribution is -0.0888. The van der Waals surface area contributed by atoms with Crippen LogP contribution in [0.2, 0.25) is 0 Å². The number of ether oxygens (including phenoxy) is 6. The first-order valence-corrected chi connectivity index (χ1v) is 12.4. The molecule has 2 aliphatic rings. The van der Waals surface area contributed by atoms with E-state index < -0.39 is 6.10 Å². The van der Waals surface area contributed by atoms with Crippen molar-refractivity contribution >= 4 is 0 Å². The Kier molecular flexibility index (Phi) is 13.6. The fraction of sp³-hybridized carbons (Fsp3) is 1.00. The highest BCUT2D eigenvalue weighted by Crippen LogP contribution is 2.13. The van der Waals surface area contributed by atoms with Gasteiger partial charge in [-0.3, -0.25) is 0 Å². The van der Waals surface area contributed by atoms with Crippen LogP contribution in [-0.2, 0) is 28.4 Å². The van der Waals surface area contributed by atoms with Gasteiger partial charge in [0.25, 0.3) is 0 Å². The molecule has 0 aromatic carbocycles. The zero-order chi connectivity index (χ0) is 24.1. The van der Waals surface area contributed by atoms with Gasteiger partial charge in [0, 0.05) is 32.8 Å². The van der Waals surface area contributed by atoms with Gasteiger partial charge in [-0.1, -0.05) is 0 Å². The summed E-state index contributed by atoms with van der Waals surface area (Å²) in [6.45, 7) is 14.7. The minimum atomic E-state index is -0.629. The monoisotopic (exact) mass is 476 g/mol. The molecule has 4 unspecified atom stereocenters. The van der Waals surface area contributed by atoms with E-state index in [0.717, 1.165) is 58.8 Å². The molecule has 2 rings (SSSR count). The second-order valence-electron chi connectivity index (χ2n) is 10.1. The Bertz CT molecular complexity index is 503. The van der Waals surface area contributed by atoms with Crippen LogP contribution in [0, 0.1) is 0 Å². The van der Waals surface area contributed by atoms with Crippen molar-refractivity contribution in [2.24, 2.45) is 0 Å². The average Bonchev–Trinajstić information content (AvgIpc) is 3.67. The van der Waals surface area contributed by atoms with Crippen molar-refractivity contribution < 1.29 is 33.5 Å². The van der Waals surface area contributed by atoms with E-state index in [1.54, 1.807) is 0 Å². The zero-order valence-corrected chi connectivity index (χ0v) is 21.5. The smallest absolute Gasteiger partial charge is 0.104 e. The molecule has 0 bridgehead atoms. The fourth-order valence-electron chi connectivity index (χ4n) is 3.43. The summed E-state index contributed by atoms with van der Waals surface area (Å²) in [5, 5.41) is 10.2. The molecule has 9 heteroatoms. The molecule has 9 nitrogen and oxygen atoms in total. The third-order valence-corrected chi connectivity index (χ3v) is 5.67. The molecule has 2 saturated heterocycles. The van der Waals surface area contributed by atoms with Crippen molar-refractivity contribution in [3.05, 3.63) is 0 Å². The first-order chi connectivity index (χ1) is 15.7. The van der Waals surface area contributed by atoms with Gasteiger partial charge in [0.05, 0.1) is 58.0 Å². The SMILES string of the molecule is CC(CCN(C)CCOCC(O)COC(C)(C)CN(C)CCCOCC1CO1)OCC1CO1. The maximum Gasteiger partial charge on any atom is 0.104 e. The minimum absolute atomic E-state index is 0.231. The molecule has 2 aliphatic heterocycles. The van der Waals surface area contributed by atoms with E-state index in [0.29, 0.717) is 32.0 Å². The molecule has 2 heterocycles. The summed E-state index contributed by atoms with van der Waals surface area (Å²) in [5.41, 5.74) is -0.344. The Morgan fingerprint density at radius 1 is 0.939 bits per heavy atom. The summed E-state index contributed by atoms with van der Waals surface area (Å²) in [6.07, 6.45) is 2.20. The first-order valence-electron chi connectivity index (χ1n) is 12.4. The van der Waals surface area contributed by atoms with Gasteiger partial charge in [0.1, 0.15) is 18.3 Å². The van der Waals surface area contributed by atoms with Crippen molar-refractivity contribution in [3.63, 3.8) is 0 Å². The first kappa shape index (κ1) is 28.9. The largest absolute Gasteiger partial charge is 0.388 e. The van der Waals surface area contributed by atoms with Crippen LogP contribution >= 0.6 is 0 Å². The van der Waals surface area contributed by atoms with Crippen LogP contribution in [0.4, 0.5) is 0 Å². The zero-order valence-electron chi connectivity index (χ0n) is 21.5. The Morgan fingerprint density at radius 2 is 1.64 bits per heavy atom. The average molecular weight is 477 g/mol. The second kappa shape index (κ2) is 15.6. The Hall–Kier alpha value is -0.360. The molecule has 4 atom stereocenters. The number of aliphatic hydroxyl groups excluding tert-OH is 1. The Morgan fingerprint density at radius 3 is 2.33 bits per heavy atom. The number of rotatable bonds is 22. The van der Waals surface area contributed by atoms with Gasteiger partial charge in [-0.05, 0) is 47.7 Å². The quantitative estimate of drug-likeness (QED) is 0.182. The maximum atomic E-state index is 10.2. The predicted molar refractivity (Wildman–Crippen MR) is 127 cm³/mol. The van der Waals surface area contributed by atoms with E-state index in [9.17, 15) is 5.11 Å². The lowest BCUT2D eigenvalue weighted by Crippen LogP contribution is -2.41. The summed E-state index contributed by atoms with van der Waals surface area (Å²) >= 11 is 0. The van der Waals surface area contributed by atoms with Gasteiger partial charge >= 0.3 is 0 Å². The van der Waals surface area contributed by atoms with Gasteiger partial charge in [-0.2, -0.15) is 0 Å². The topological polar surface area (TPSA) is 88.7 Å². The van der Waals surface area contributed by atoms with E-state index in [-0.39, 0.29) is 24.9 Å². The Labute approximate surface area is 200 Å². The third kappa shape index (κ3) is 16.0. The van der Waals surface area contributed by atoms with Crippen LogP contribution in [0.5, 0.6) is 0 Å². The molecular formula is C24H48N2O7. The van der Waals surface area contributed by atoms with Crippen molar-refractivity contribution in [2.75, 3.05) is 93.1 Å². The van der Waals surface area contributed by atoms with Gasteiger partial charge in [-0.25, -0.2) is 0 Å². The van der Waals surface area contributed by atoms with Crippen molar-refractivity contribution in [1.29, 1.82) is 0 Å². The third-order valence-electron chi connectivity index (χ3n) is 5.67. The predicted octanol–water partition coefficient (Wildman–Crippen LogP) is 1.02. The lowest BCUT2D eigenvalue weighted by atomic mass is 10.1. The number of aliphatic hydroxyl groups is 1. The molecule has 0 aromatic heterocycles. The number of hydrogen-bond donors (Lipinski definition) is 1. The molecule has 196 valence electrons. The van der Waals surface area contributed by atoms with E-state index in [1.807, 2.05) is 0 Å². The summed E-state index contributed by atoms with van der Waals surface area (Å²) in [5.74, 6) is 0. The number of epoxide rings is 2. The van der Waals surface area contributed by atoms with Crippen molar-refractivity contribution in [3.8, 4) is 0 Å². The van der Waals surface area contributed by atoms with E-state index >= 15 is 0 Å². The molecule has 0 aromatic rings. The van der Waals surface area contributed by atoms with E-state index in [1.165, 1.54) is 0 Å². The van der Waals surface area contributed by atoms with E-state index in [2.05, 4.69) is 44.7 Å². The Balaban J connectivity index is 1.41. The van der Waals surface area contributed by atoms with Crippen molar-refractivity contribution in [2.45, 2.75) is 63.6 Å². The highest BCUT2D eigenvalue weighted by Gasteiger charge is 2.24. The molecule has 0 saturated carbocycles. The lowest BCUT2D eigenvalue weighted by Gasteiger charge is -2.31. The van der Waals surface area contributed by atoms with Crippen LogP contribution in [0.1, 0.15) is 33.6 Å². The van der Waals surface area contributed by atoms with Crippen LogP contribution in [0.25, 0.3) is 0 Å². The molecule has 0 spiro atoms. The van der Waals surface area contributed by atoms with Crippen molar-refractivity contribution in [1.82, 2.24) is 9.80 Å². The normalized spacial score (nSPS) is 22.2. The minimum Gasteiger partial charge on any atom is -0.388 e. The van der Waals surface area contributed by atoms with Gasteiger partial charge in [-0.15, -0.1) is 0 Å². The molecule has 0 amide bonds. The van der Waals surface area contributed by atoms with Gasteiger partial charge in [0.2, 0.25) is 0 Å². The molecule has 2 fully saturated rings. The molecular weight excluding hydrogens is 428 g/mol. The summed E-state index contributed by atoms with van der Waals surface area (Å²) in [7, 11) is 4.16. The number of hydrogen-bond acceptors (Lipinski definition) is 9. The van der Waals surface area contributed by atoms with Crippen LogP contribution in [0.15, 0.2) is 0 Å². The van der Waals surface area contributed by atoms with Gasteiger partial charge < -0.3 is 43.3 Å². The number of likely N-dealkylation sites (N-methyl/N-ethyl adjacent to an activating group) is 2. The second-order valence-corrected chi connectivity index (χ2v) is 10.1. The molecule has 33 heavy (non-hydrogen) atoms. The van der Waals surface area contributed by atoms with Gasteiger partial charge in [0.15, 0.2) is 0 Å². The molecule has 0 radical (unpaired) electrons. The fourth-order valence-corrected chi connectivity index (χ4v) is 3.43. The highest BCUT2D eigenvalue weighted by molar-refractivity contribution is 4.74. The standard InChI is InChI=1S/C24H48N2O7/c1-20(30-16-23-18-32-23)7-9-25(4)10-12-29-13-21(27)14-33-24(2,3)19-26(5)8-6-11-28-15-22-17-31-22/h20-23,27H,6-19H2,1-5H3. The molecule has 0 aliphatic carbocycles. The summed E-state index contributed by atoms with van der Waals surface area (Å²) in [4.78, 5) is 4.46. The summed E-state index contributed by atoms with van der Waals surface area (Å²) in [6, 6.07) is 0. The van der Waals surface area contributed by atoms with Crippen LogP contribution < -0.4 is 0 Å². The van der Waals surface area contributed by atoms with E-state index in [4.69, 9.17) is 28.4 Å². The number of nitrogens with zero attached hydrogens (tertiary/aromatic N) is 2. The van der Waals surface area contributed by atoms with Crippen LogP contribution in [-0.4, -0.2) is 138 Å².